The average Bonchev–Trinajstić information content (AvgIpc) is 3.54. The number of aliphatic imine (C=N–C) groups is 4. The SMILES string of the molecule is [B]c1ccc(C2=CC3=NC2=CC2=NC(=CC4=NC(=CC5=NC(=C3)C=C5)C=C4)C=C2)cc1. The van der Waals surface area contributed by atoms with Crippen LogP contribution in [0, 0.1) is 0 Å². The quantitative estimate of drug-likeness (QED) is 0.649. The molecule has 0 atom stereocenters. The van der Waals surface area contributed by atoms with Crippen molar-refractivity contribution in [3.8, 4) is 0 Å². The van der Waals surface area contributed by atoms with E-state index in [0.29, 0.717) is 0 Å². The molecule has 0 aliphatic carbocycles. The van der Waals surface area contributed by atoms with E-state index in [1.54, 1.807) is 0 Å². The number of fused-ring (bicyclic) bond motifs is 4. The summed E-state index contributed by atoms with van der Waals surface area (Å²) in [5.74, 6) is 0. The van der Waals surface area contributed by atoms with Gasteiger partial charge in [0.2, 0.25) is 0 Å². The summed E-state index contributed by atoms with van der Waals surface area (Å²) in [6.45, 7) is 0. The van der Waals surface area contributed by atoms with Crippen molar-refractivity contribution in [1.82, 2.24) is 0 Å². The molecule has 0 fully saturated rings. The number of rotatable bonds is 1. The van der Waals surface area contributed by atoms with E-state index in [2.05, 4.69) is 11.1 Å². The molecule has 31 heavy (non-hydrogen) atoms. The van der Waals surface area contributed by atoms with Crippen molar-refractivity contribution < 1.29 is 0 Å². The van der Waals surface area contributed by atoms with Crippen LogP contribution in [0.2, 0.25) is 0 Å². The highest BCUT2D eigenvalue weighted by atomic mass is 14.8. The van der Waals surface area contributed by atoms with Crippen molar-refractivity contribution in [2.24, 2.45) is 20.0 Å². The molecule has 1 aromatic rings. The highest BCUT2D eigenvalue weighted by Gasteiger charge is 2.18. The van der Waals surface area contributed by atoms with Gasteiger partial charge < -0.3 is 0 Å². The third kappa shape index (κ3) is 3.51. The molecule has 4 nitrogen and oxygen atoms in total. The van der Waals surface area contributed by atoms with E-state index in [4.69, 9.17) is 22.8 Å². The molecule has 5 aliphatic rings. The van der Waals surface area contributed by atoms with Crippen LogP contribution in [0.15, 0.2) is 134 Å². The third-order valence-electron chi connectivity index (χ3n) is 5.26. The van der Waals surface area contributed by atoms with Gasteiger partial charge in [-0.25, -0.2) is 20.0 Å². The minimum Gasteiger partial charge on any atom is -0.249 e. The summed E-state index contributed by atoms with van der Waals surface area (Å²) in [7, 11) is 5.88. The highest BCUT2D eigenvalue weighted by Crippen LogP contribution is 2.30. The molecule has 5 heteroatoms. The van der Waals surface area contributed by atoms with Crippen LogP contribution in [0.25, 0.3) is 5.57 Å². The lowest BCUT2D eigenvalue weighted by molar-refractivity contribution is 1.41. The van der Waals surface area contributed by atoms with Gasteiger partial charge in [0.1, 0.15) is 7.85 Å². The van der Waals surface area contributed by atoms with Gasteiger partial charge in [-0.15, -0.1) is 0 Å². The molecule has 0 aromatic heterocycles. The van der Waals surface area contributed by atoms with Crippen LogP contribution in [0.1, 0.15) is 5.56 Å². The molecule has 0 N–H and O–H groups in total. The number of benzene rings is 1. The van der Waals surface area contributed by atoms with Gasteiger partial charge in [0.15, 0.2) is 0 Å². The molecule has 5 heterocycles. The van der Waals surface area contributed by atoms with Crippen LogP contribution in [-0.2, 0) is 0 Å². The van der Waals surface area contributed by atoms with Gasteiger partial charge in [0.25, 0.3) is 0 Å². The Morgan fingerprint density at radius 2 is 1.00 bits per heavy atom. The molecular weight excluding hydrogens is 379 g/mol. The predicted octanol–water partition coefficient (Wildman–Crippen LogP) is 3.90. The van der Waals surface area contributed by atoms with Gasteiger partial charge in [-0.3, -0.25) is 0 Å². The first kappa shape index (κ1) is 17.7. The molecule has 1 aromatic carbocycles. The second kappa shape index (κ2) is 6.99. The van der Waals surface area contributed by atoms with E-state index in [0.717, 1.165) is 62.2 Å². The van der Waals surface area contributed by atoms with Gasteiger partial charge in [-0.2, -0.15) is 0 Å². The molecule has 0 saturated carbocycles. The fourth-order valence-electron chi connectivity index (χ4n) is 3.79. The molecule has 5 aliphatic heterocycles. The first-order chi connectivity index (χ1) is 15.2. The van der Waals surface area contributed by atoms with Crippen molar-refractivity contribution >= 4 is 41.7 Å². The van der Waals surface area contributed by atoms with Gasteiger partial charge in [0.05, 0.1) is 45.6 Å². The maximum atomic E-state index is 5.88. The van der Waals surface area contributed by atoms with Crippen LogP contribution in [0.3, 0.4) is 0 Å². The number of hydrogen-bond acceptors (Lipinski definition) is 4. The van der Waals surface area contributed by atoms with E-state index in [-0.39, 0.29) is 0 Å². The average molecular weight is 394 g/mol. The lowest BCUT2D eigenvalue weighted by Gasteiger charge is -2.05. The standard InChI is InChI=1S/C26H15BN4/c27-17-3-1-16(2-4-17)25-14-24-13-22-8-7-20(29-22)11-18-5-6-19(28-18)12-21-9-10-23(30-21)15-26(25)31-24/h1-15H. The zero-order valence-electron chi connectivity index (χ0n) is 16.5. The van der Waals surface area contributed by atoms with Crippen LogP contribution >= 0.6 is 0 Å². The fraction of sp³-hybridized carbons (Fsp3) is 0. The van der Waals surface area contributed by atoms with Gasteiger partial charge in [-0.05, 0) is 72.4 Å². The Morgan fingerprint density at radius 1 is 0.484 bits per heavy atom. The highest BCUT2D eigenvalue weighted by molar-refractivity contribution is 6.32. The second-order valence-electron chi connectivity index (χ2n) is 7.56. The number of nitrogens with zero attached hydrogens (tertiary/aromatic N) is 4. The lowest BCUT2D eigenvalue weighted by atomic mass is 9.93. The Balaban J connectivity index is 1.50. The normalized spacial score (nSPS) is 20.5. The van der Waals surface area contributed by atoms with Crippen LogP contribution in [0.4, 0.5) is 0 Å². The Morgan fingerprint density at radius 3 is 1.58 bits per heavy atom. The Labute approximate surface area is 181 Å². The van der Waals surface area contributed by atoms with Crippen molar-refractivity contribution in [2.45, 2.75) is 0 Å². The Bertz CT molecular complexity index is 1400. The van der Waals surface area contributed by atoms with Crippen molar-refractivity contribution in [3.05, 3.63) is 119 Å². The largest absolute Gasteiger partial charge is 0.249 e. The zero-order chi connectivity index (χ0) is 20.8. The molecule has 0 amide bonds. The maximum absolute atomic E-state index is 5.88. The molecule has 142 valence electrons. The van der Waals surface area contributed by atoms with Crippen LogP contribution < -0.4 is 5.46 Å². The summed E-state index contributed by atoms with van der Waals surface area (Å²) in [4.78, 5) is 18.9. The van der Waals surface area contributed by atoms with E-state index in [9.17, 15) is 0 Å². The van der Waals surface area contributed by atoms with E-state index < -0.39 is 0 Å². The summed E-state index contributed by atoms with van der Waals surface area (Å²) < 4.78 is 0. The van der Waals surface area contributed by atoms with Gasteiger partial charge >= 0.3 is 0 Å². The molecular formula is C26H15BN4. The molecule has 0 spiro atoms. The lowest BCUT2D eigenvalue weighted by Crippen LogP contribution is -2.00. The molecule has 0 unspecified atom stereocenters. The van der Waals surface area contributed by atoms with Crippen molar-refractivity contribution in [1.29, 1.82) is 0 Å². The predicted molar refractivity (Wildman–Crippen MR) is 129 cm³/mol. The fourth-order valence-corrected chi connectivity index (χ4v) is 3.79. The van der Waals surface area contributed by atoms with E-state index in [1.165, 1.54) is 0 Å². The van der Waals surface area contributed by atoms with Crippen molar-refractivity contribution in [2.75, 3.05) is 0 Å². The maximum Gasteiger partial charge on any atom is 0.113 e. The Hall–Kier alpha value is -4.12. The minimum absolute atomic E-state index is 0.734. The second-order valence-corrected chi connectivity index (χ2v) is 7.56. The third-order valence-corrected chi connectivity index (χ3v) is 5.26. The summed E-state index contributed by atoms with van der Waals surface area (Å²) in [6.07, 6.45) is 22.0. The topological polar surface area (TPSA) is 49.4 Å². The first-order valence-electron chi connectivity index (χ1n) is 10.0. The Kier molecular flexibility index (Phi) is 4.00. The van der Waals surface area contributed by atoms with Crippen LogP contribution in [0.5, 0.6) is 0 Å². The minimum atomic E-state index is 0.734. The summed E-state index contributed by atoms with van der Waals surface area (Å²) in [5, 5.41) is 0. The van der Waals surface area contributed by atoms with Crippen molar-refractivity contribution in [3.63, 3.8) is 0 Å². The van der Waals surface area contributed by atoms with Crippen LogP contribution in [-0.4, -0.2) is 30.7 Å². The number of allylic oxidation sites excluding steroid dienone is 12. The summed E-state index contributed by atoms with van der Waals surface area (Å²) >= 11 is 0. The van der Waals surface area contributed by atoms with E-state index in [1.807, 2.05) is 85.0 Å². The molecule has 8 bridgehead atoms. The molecule has 2 radical (unpaired) electrons. The summed E-state index contributed by atoms with van der Waals surface area (Å²) in [6, 6.07) is 7.83. The smallest absolute Gasteiger partial charge is 0.113 e. The summed E-state index contributed by atoms with van der Waals surface area (Å²) in [5.41, 5.74) is 9.73. The van der Waals surface area contributed by atoms with Gasteiger partial charge in [-0.1, -0.05) is 29.7 Å². The first-order valence-corrected chi connectivity index (χ1v) is 10.0. The van der Waals surface area contributed by atoms with E-state index >= 15 is 0 Å². The zero-order valence-corrected chi connectivity index (χ0v) is 16.5. The molecule has 6 rings (SSSR count). The monoisotopic (exact) mass is 394 g/mol. The van der Waals surface area contributed by atoms with Gasteiger partial charge in [0, 0.05) is 5.57 Å². The molecule has 0 saturated heterocycles. The number of hydrogen-bond donors (Lipinski definition) is 0.